The fraction of sp³-hybridized carbons (Fsp3) is 0.625. The predicted molar refractivity (Wildman–Crippen MR) is 73.4 cm³/mol. The lowest BCUT2D eigenvalue weighted by atomic mass is 9.84. The second-order valence-corrected chi connectivity index (χ2v) is 5.82. The topological polar surface area (TPSA) is 23.5 Å². The van der Waals surface area contributed by atoms with Crippen LogP contribution in [-0.4, -0.2) is 28.6 Å². The van der Waals surface area contributed by atoms with Crippen molar-refractivity contribution in [2.45, 2.75) is 50.2 Å². The van der Waals surface area contributed by atoms with Crippen molar-refractivity contribution in [3.05, 3.63) is 35.9 Å². The molecule has 1 heterocycles. The molecule has 98 valence electrons. The molecular formula is C16H23NO. The van der Waals surface area contributed by atoms with Crippen molar-refractivity contribution >= 4 is 0 Å². The van der Waals surface area contributed by atoms with Crippen molar-refractivity contribution in [1.82, 2.24) is 4.90 Å². The number of nitrogens with zero attached hydrogens (tertiary/aromatic N) is 1. The molecule has 2 nitrogen and oxygen atoms in total. The van der Waals surface area contributed by atoms with Gasteiger partial charge in [0.2, 0.25) is 0 Å². The van der Waals surface area contributed by atoms with Crippen LogP contribution in [-0.2, 0) is 0 Å². The van der Waals surface area contributed by atoms with Crippen molar-refractivity contribution < 1.29 is 5.11 Å². The van der Waals surface area contributed by atoms with E-state index in [-0.39, 0.29) is 11.6 Å². The van der Waals surface area contributed by atoms with E-state index < -0.39 is 0 Å². The van der Waals surface area contributed by atoms with Crippen molar-refractivity contribution in [3.63, 3.8) is 0 Å². The zero-order valence-electron chi connectivity index (χ0n) is 11.0. The van der Waals surface area contributed by atoms with Gasteiger partial charge in [-0.2, -0.15) is 0 Å². The van der Waals surface area contributed by atoms with Crippen molar-refractivity contribution in [3.8, 4) is 0 Å². The van der Waals surface area contributed by atoms with E-state index in [9.17, 15) is 5.11 Å². The second kappa shape index (κ2) is 5.02. The molecule has 1 aromatic rings. The monoisotopic (exact) mass is 245 g/mol. The lowest BCUT2D eigenvalue weighted by Crippen LogP contribution is -2.49. The predicted octanol–water partition coefficient (Wildman–Crippen LogP) is 3.13. The van der Waals surface area contributed by atoms with Crippen LogP contribution in [0, 0.1) is 0 Å². The summed E-state index contributed by atoms with van der Waals surface area (Å²) in [5, 5.41) is 10.9. The second-order valence-electron chi connectivity index (χ2n) is 5.82. The molecule has 1 saturated carbocycles. The summed E-state index contributed by atoms with van der Waals surface area (Å²) in [6.45, 7) is 2.34. The molecule has 1 aromatic carbocycles. The molecule has 0 amide bonds. The number of likely N-dealkylation sites (tertiary alicyclic amines) is 1. The fourth-order valence-corrected chi connectivity index (χ4v) is 3.86. The summed E-state index contributed by atoms with van der Waals surface area (Å²) in [7, 11) is 0. The number of rotatable bonds is 3. The number of aliphatic hydroxyl groups is 1. The molecule has 0 spiro atoms. The zero-order valence-corrected chi connectivity index (χ0v) is 11.0. The van der Waals surface area contributed by atoms with Gasteiger partial charge in [-0.05, 0) is 44.3 Å². The van der Waals surface area contributed by atoms with E-state index in [0.29, 0.717) is 0 Å². The molecule has 2 fully saturated rings. The van der Waals surface area contributed by atoms with Gasteiger partial charge in [0, 0.05) is 0 Å². The summed E-state index contributed by atoms with van der Waals surface area (Å²) in [5.41, 5.74) is 1.11. The number of aliphatic hydroxyl groups excluding tert-OH is 1. The molecular weight excluding hydrogens is 222 g/mol. The maximum absolute atomic E-state index is 10.9. The Bertz CT molecular complexity index is 377. The van der Waals surface area contributed by atoms with Gasteiger partial charge in [-0.25, -0.2) is 0 Å². The van der Waals surface area contributed by atoms with Crippen LogP contribution in [0.3, 0.4) is 0 Å². The van der Waals surface area contributed by atoms with Crippen LogP contribution in [0.1, 0.15) is 50.2 Å². The molecule has 1 atom stereocenters. The largest absolute Gasteiger partial charge is 0.386 e. The highest BCUT2D eigenvalue weighted by Gasteiger charge is 2.46. The molecule has 1 N–H and O–H groups in total. The normalized spacial score (nSPS) is 25.4. The van der Waals surface area contributed by atoms with Gasteiger partial charge in [-0.1, -0.05) is 43.2 Å². The number of benzene rings is 1. The van der Waals surface area contributed by atoms with Crippen LogP contribution < -0.4 is 0 Å². The summed E-state index contributed by atoms with van der Waals surface area (Å²) in [4.78, 5) is 2.57. The molecule has 0 bridgehead atoms. The smallest absolute Gasteiger partial charge is 0.0973 e. The van der Waals surface area contributed by atoms with Crippen molar-refractivity contribution in [2.24, 2.45) is 0 Å². The van der Waals surface area contributed by atoms with E-state index in [4.69, 9.17) is 0 Å². The minimum absolute atomic E-state index is 0.0256. The maximum Gasteiger partial charge on any atom is 0.0973 e. The van der Waals surface area contributed by atoms with E-state index in [1.807, 2.05) is 18.2 Å². The summed E-state index contributed by atoms with van der Waals surface area (Å²) < 4.78 is 0. The average Bonchev–Trinajstić information content (AvgIpc) is 3.10. The quantitative estimate of drug-likeness (QED) is 0.884. The standard InChI is InChI=1S/C16H23NO/c18-15(14-8-2-1-3-9-14)16(10-4-5-11-16)17-12-6-7-13-17/h1-3,8-9,15,18H,4-7,10-13H2/t15-/m0/s1. The summed E-state index contributed by atoms with van der Waals surface area (Å²) in [6, 6.07) is 10.2. The summed E-state index contributed by atoms with van der Waals surface area (Å²) >= 11 is 0. The van der Waals surface area contributed by atoms with Crippen molar-refractivity contribution in [1.29, 1.82) is 0 Å². The van der Waals surface area contributed by atoms with Gasteiger partial charge in [0.15, 0.2) is 0 Å². The third-order valence-corrected chi connectivity index (χ3v) is 4.83. The van der Waals surface area contributed by atoms with Crippen LogP contribution in [0.4, 0.5) is 0 Å². The van der Waals surface area contributed by atoms with Crippen LogP contribution in [0.25, 0.3) is 0 Å². The Morgan fingerprint density at radius 2 is 1.56 bits per heavy atom. The third-order valence-electron chi connectivity index (χ3n) is 4.83. The van der Waals surface area contributed by atoms with Gasteiger partial charge in [0.25, 0.3) is 0 Å². The Kier molecular flexibility index (Phi) is 3.40. The van der Waals surface area contributed by atoms with Gasteiger partial charge in [0.1, 0.15) is 0 Å². The van der Waals surface area contributed by atoms with E-state index in [0.717, 1.165) is 18.4 Å². The lowest BCUT2D eigenvalue weighted by Gasteiger charge is -2.42. The SMILES string of the molecule is O[C@@H](c1ccccc1)C1(N2CCCC2)CCCC1. The molecule has 3 rings (SSSR count). The molecule has 18 heavy (non-hydrogen) atoms. The minimum Gasteiger partial charge on any atom is -0.386 e. The molecule has 0 radical (unpaired) electrons. The first-order valence-electron chi connectivity index (χ1n) is 7.31. The van der Waals surface area contributed by atoms with Gasteiger partial charge in [0.05, 0.1) is 11.6 Å². The van der Waals surface area contributed by atoms with Gasteiger partial charge >= 0.3 is 0 Å². The van der Waals surface area contributed by atoms with E-state index in [2.05, 4.69) is 17.0 Å². The first-order valence-corrected chi connectivity index (χ1v) is 7.31. The fourth-order valence-electron chi connectivity index (χ4n) is 3.86. The number of hydrogen-bond donors (Lipinski definition) is 1. The molecule has 1 aliphatic heterocycles. The highest BCUT2D eigenvalue weighted by molar-refractivity contribution is 5.22. The van der Waals surface area contributed by atoms with Crippen molar-refractivity contribution in [2.75, 3.05) is 13.1 Å². The van der Waals surface area contributed by atoms with Crippen LogP contribution >= 0.6 is 0 Å². The molecule has 2 heteroatoms. The molecule has 2 aliphatic rings. The molecule has 0 aromatic heterocycles. The van der Waals surface area contributed by atoms with Crippen LogP contribution in [0.15, 0.2) is 30.3 Å². The average molecular weight is 245 g/mol. The lowest BCUT2D eigenvalue weighted by molar-refractivity contribution is -0.0195. The van der Waals surface area contributed by atoms with Crippen LogP contribution in [0.5, 0.6) is 0 Å². The Balaban J connectivity index is 1.89. The van der Waals surface area contributed by atoms with E-state index >= 15 is 0 Å². The van der Waals surface area contributed by atoms with Crippen LogP contribution in [0.2, 0.25) is 0 Å². The Labute approximate surface area is 110 Å². The van der Waals surface area contributed by atoms with Gasteiger partial charge < -0.3 is 5.11 Å². The highest BCUT2D eigenvalue weighted by atomic mass is 16.3. The Morgan fingerprint density at radius 1 is 0.944 bits per heavy atom. The van der Waals surface area contributed by atoms with Gasteiger partial charge in [-0.15, -0.1) is 0 Å². The maximum atomic E-state index is 10.9. The Morgan fingerprint density at radius 3 is 2.17 bits per heavy atom. The van der Waals surface area contributed by atoms with Gasteiger partial charge in [-0.3, -0.25) is 4.90 Å². The first kappa shape index (κ1) is 12.2. The van der Waals surface area contributed by atoms with E-state index in [1.54, 1.807) is 0 Å². The zero-order chi connectivity index (χ0) is 12.4. The summed E-state index contributed by atoms with van der Waals surface area (Å²) in [5.74, 6) is 0. The molecule has 1 saturated heterocycles. The first-order chi connectivity index (χ1) is 8.83. The third kappa shape index (κ3) is 1.98. The Hall–Kier alpha value is -0.860. The molecule has 1 aliphatic carbocycles. The highest BCUT2D eigenvalue weighted by Crippen LogP contribution is 2.45. The number of hydrogen-bond acceptors (Lipinski definition) is 2. The minimum atomic E-state index is -0.320. The molecule has 0 unspecified atom stereocenters. The summed E-state index contributed by atoms with van der Waals surface area (Å²) in [6.07, 6.45) is 7.11. The van der Waals surface area contributed by atoms with E-state index in [1.165, 1.54) is 38.8 Å².